The first kappa shape index (κ1) is 12.3. The van der Waals surface area contributed by atoms with Gasteiger partial charge >= 0.3 is 0 Å². The number of benzene rings is 1. The molecule has 0 amide bonds. The van der Waals surface area contributed by atoms with E-state index in [2.05, 4.69) is 40.3 Å². The molecule has 1 aliphatic heterocycles. The highest BCUT2D eigenvalue weighted by Crippen LogP contribution is 2.38. The van der Waals surface area contributed by atoms with Gasteiger partial charge < -0.3 is 4.74 Å². The maximum atomic E-state index is 5.26. The number of rotatable bonds is 3. The van der Waals surface area contributed by atoms with Crippen molar-refractivity contribution >= 4 is 27.7 Å². The molecule has 1 aromatic carbocycles. The fourth-order valence-corrected chi connectivity index (χ4v) is 3.83. The lowest BCUT2D eigenvalue weighted by atomic mass is 10.2. The molecular formula is C12H16BrNOS. The van der Waals surface area contributed by atoms with Gasteiger partial charge in [-0.2, -0.15) is 0 Å². The van der Waals surface area contributed by atoms with Crippen molar-refractivity contribution in [2.45, 2.75) is 24.8 Å². The summed E-state index contributed by atoms with van der Waals surface area (Å²) in [6, 6.07) is 6.76. The molecule has 0 bridgehead atoms. The van der Waals surface area contributed by atoms with Gasteiger partial charge in [-0.25, -0.2) is 0 Å². The Labute approximate surface area is 109 Å². The van der Waals surface area contributed by atoms with E-state index in [1.807, 2.05) is 17.8 Å². The molecule has 0 aromatic heterocycles. The average molecular weight is 302 g/mol. The minimum absolute atomic E-state index is 0.384. The number of halogens is 1. The van der Waals surface area contributed by atoms with E-state index < -0.39 is 0 Å². The zero-order valence-corrected chi connectivity index (χ0v) is 11.9. The van der Waals surface area contributed by atoms with Crippen molar-refractivity contribution in [3.63, 3.8) is 0 Å². The lowest BCUT2D eigenvalue weighted by Crippen LogP contribution is -2.24. The number of methoxy groups -OCH3 is 1. The maximum Gasteiger partial charge on any atom is 0.119 e. The summed E-state index contributed by atoms with van der Waals surface area (Å²) in [7, 11) is 1.71. The topological polar surface area (TPSA) is 21.3 Å². The Morgan fingerprint density at radius 3 is 3.00 bits per heavy atom. The molecule has 1 N–H and O–H groups in total. The highest BCUT2D eigenvalue weighted by atomic mass is 79.9. The summed E-state index contributed by atoms with van der Waals surface area (Å²) in [6.45, 7) is 2.22. The van der Waals surface area contributed by atoms with Crippen molar-refractivity contribution in [1.82, 2.24) is 5.32 Å². The standard InChI is InChI=1S/C12H16BrNOS/c1-3-8-7-16-12(14-8)10-6-9(15-2)4-5-11(10)13/h4-6,8,12,14H,3,7H2,1-2H3. The molecular weight excluding hydrogens is 286 g/mol. The second kappa shape index (κ2) is 5.43. The molecule has 1 fully saturated rings. The van der Waals surface area contributed by atoms with E-state index in [1.165, 1.54) is 17.7 Å². The molecule has 0 saturated carbocycles. The van der Waals surface area contributed by atoms with Crippen LogP contribution >= 0.6 is 27.7 Å². The fourth-order valence-electron chi connectivity index (χ4n) is 1.79. The lowest BCUT2D eigenvalue weighted by molar-refractivity contribution is 0.413. The molecule has 2 rings (SSSR count). The highest BCUT2D eigenvalue weighted by molar-refractivity contribution is 9.10. The van der Waals surface area contributed by atoms with Gasteiger partial charge in [0.1, 0.15) is 5.75 Å². The van der Waals surface area contributed by atoms with Crippen LogP contribution in [0.3, 0.4) is 0 Å². The van der Waals surface area contributed by atoms with E-state index in [9.17, 15) is 0 Å². The first-order chi connectivity index (χ1) is 7.74. The second-order valence-electron chi connectivity index (χ2n) is 3.87. The van der Waals surface area contributed by atoms with E-state index >= 15 is 0 Å². The third kappa shape index (κ3) is 2.55. The Kier molecular flexibility index (Phi) is 4.16. The first-order valence-electron chi connectivity index (χ1n) is 5.45. The molecule has 2 unspecified atom stereocenters. The van der Waals surface area contributed by atoms with Crippen LogP contribution in [0.4, 0.5) is 0 Å². The smallest absolute Gasteiger partial charge is 0.119 e. The minimum Gasteiger partial charge on any atom is -0.497 e. The summed E-state index contributed by atoms with van der Waals surface area (Å²) in [5, 5.41) is 4.01. The molecule has 1 saturated heterocycles. The lowest BCUT2D eigenvalue weighted by Gasteiger charge is -2.15. The zero-order chi connectivity index (χ0) is 11.5. The Morgan fingerprint density at radius 2 is 2.38 bits per heavy atom. The predicted octanol–water partition coefficient (Wildman–Crippen LogP) is 3.57. The number of ether oxygens (including phenoxy) is 1. The Balaban J connectivity index is 2.20. The Hall–Kier alpha value is -0.190. The van der Waals surface area contributed by atoms with Crippen LogP contribution in [0.5, 0.6) is 5.75 Å². The molecule has 0 spiro atoms. The number of hydrogen-bond acceptors (Lipinski definition) is 3. The molecule has 1 aromatic rings. The Morgan fingerprint density at radius 1 is 1.56 bits per heavy atom. The van der Waals surface area contributed by atoms with Gasteiger partial charge in [0.05, 0.1) is 12.5 Å². The summed E-state index contributed by atoms with van der Waals surface area (Å²) >= 11 is 5.57. The third-order valence-corrected chi connectivity index (χ3v) is 4.87. The van der Waals surface area contributed by atoms with E-state index in [-0.39, 0.29) is 0 Å². The number of thioether (sulfide) groups is 1. The maximum absolute atomic E-state index is 5.26. The van der Waals surface area contributed by atoms with Crippen molar-refractivity contribution in [2.75, 3.05) is 12.9 Å². The van der Waals surface area contributed by atoms with Crippen molar-refractivity contribution in [3.05, 3.63) is 28.2 Å². The first-order valence-corrected chi connectivity index (χ1v) is 7.30. The van der Waals surface area contributed by atoms with E-state index in [0.29, 0.717) is 11.4 Å². The van der Waals surface area contributed by atoms with E-state index in [4.69, 9.17) is 4.74 Å². The molecule has 1 heterocycles. The molecule has 2 nitrogen and oxygen atoms in total. The van der Waals surface area contributed by atoms with Crippen LogP contribution < -0.4 is 10.1 Å². The zero-order valence-electron chi connectivity index (χ0n) is 9.50. The predicted molar refractivity (Wildman–Crippen MR) is 73.1 cm³/mol. The van der Waals surface area contributed by atoms with Crippen molar-refractivity contribution in [1.29, 1.82) is 0 Å². The summed E-state index contributed by atoms with van der Waals surface area (Å²) < 4.78 is 6.41. The molecule has 0 aliphatic carbocycles. The molecule has 88 valence electrons. The van der Waals surface area contributed by atoms with Gasteiger partial charge in [0.2, 0.25) is 0 Å². The van der Waals surface area contributed by atoms with Crippen molar-refractivity contribution in [2.24, 2.45) is 0 Å². The van der Waals surface area contributed by atoms with Crippen LogP contribution in [0, 0.1) is 0 Å². The minimum atomic E-state index is 0.384. The summed E-state index contributed by atoms with van der Waals surface area (Å²) in [5.41, 5.74) is 1.28. The quantitative estimate of drug-likeness (QED) is 0.922. The van der Waals surface area contributed by atoms with Crippen LogP contribution in [-0.4, -0.2) is 18.9 Å². The van der Waals surface area contributed by atoms with Crippen LogP contribution in [0.2, 0.25) is 0 Å². The van der Waals surface area contributed by atoms with Gasteiger partial charge in [0, 0.05) is 16.3 Å². The number of hydrogen-bond donors (Lipinski definition) is 1. The summed E-state index contributed by atoms with van der Waals surface area (Å²) in [4.78, 5) is 0. The van der Waals surface area contributed by atoms with Gasteiger partial charge in [-0.15, -0.1) is 11.8 Å². The van der Waals surface area contributed by atoms with E-state index in [0.717, 1.165) is 10.2 Å². The summed E-state index contributed by atoms with van der Waals surface area (Å²) in [5.74, 6) is 2.10. The van der Waals surface area contributed by atoms with Gasteiger partial charge in [0.25, 0.3) is 0 Å². The molecule has 4 heteroatoms. The fraction of sp³-hybridized carbons (Fsp3) is 0.500. The number of nitrogens with one attached hydrogen (secondary N) is 1. The Bertz CT molecular complexity index is 372. The highest BCUT2D eigenvalue weighted by Gasteiger charge is 2.25. The monoisotopic (exact) mass is 301 g/mol. The van der Waals surface area contributed by atoms with Crippen molar-refractivity contribution in [3.8, 4) is 5.75 Å². The molecule has 16 heavy (non-hydrogen) atoms. The molecule has 2 atom stereocenters. The normalized spacial score (nSPS) is 24.7. The van der Waals surface area contributed by atoms with Gasteiger partial charge in [-0.3, -0.25) is 5.32 Å². The average Bonchev–Trinajstić information content (AvgIpc) is 2.78. The SMILES string of the molecule is CCC1CSC(c2cc(OC)ccc2Br)N1. The second-order valence-corrected chi connectivity index (χ2v) is 5.87. The third-order valence-electron chi connectivity index (χ3n) is 2.83. The largest absolute Gasteiger partial charge is 0.497 e. The van der Waals surface area contributed by atoms with Crippen molar-refractivity contribution < 1.29 is 4.74 Å². The van der Waals surface area contributed by atoms with Crippen LogP contribution in [-0.2, 0) is 0 Å². The van der Waals surface area contributed by atoms with E-state index in [1.54, 1.807) is 7.11 Å². The van der Waals surface area contributed by atoms with Gasteiger partial charge in [-0.1, -0.05) is 22.9 Å². The molecule has 1 aliphatic rings. The van der Waals surface area contributed by atoms with Crippen LogP contribution in [0.15, 0.2) is 22.7 Å². The van der Waals surface area contributed by atoms with Gasteiger partial charge in [-0.05, 0) is 30.2 Å². The van der Waals surface area contributed by atoms with Crippen LogP contribution in [0.25, 0.3) is 0 Å². The molecule has 0 radical (unpaired) electrons. The summed E-state index contributed by atoms with van der Waals surface area (Å²) in [6.07, 6.45) is 1.19. The van der Waals surface area contributed by atoms with Gasteiger partial charge in [0.15, 0.2) is 0 Å². The van der Waals surface area contributed by atoms with Crippen LogP contribution in [0.1, 0.15) is 24.3 Å².